The first kappa shape index (κ1) is 8.71. The Labute approximate surface area is 71.1 Å². The minimum absolute atomic E-state index is 0.473. The molecule has 0 aliphatic heterocycles. The van der Waals surface area contributed by atoms with Gasteiger partial charge in [0.2, 0.25) is 0 Å². The molecule has 1 rings (SSSR count). The second-order valence-electron chi connectivity index (χ2n) is 2.74. The fourth-order valence-electron chi connectivity index (χ4n) is 1.09. The van der Waals surface area contributed by atoms with Gasteiger partial charge in [0.05, 0.1) is 5.92 Å². The number of aliphatic carboxylic acids is 1. The van der Waals surface area contributed by atoms with Crippen LogP contribution in [0.15, 0.2) is 18.3 Å². The summed E-state index contributed by atoms with van der Waals surface area (Å²) in [4.78, 5) is 14.6. The molecule has 1 aromatic heterocycles. The fraction of sp³-hybridized carbons (Fsp3) is 0.333. The van der Waals surface area contributed by atoms with Crippen molar-refractivity contribution >= 4 is 5.97 Å². The van der Waals surface area contributed by atoms with Crippen molar-refractivity contribution in [3.63, 3.8) is 0 Å². The Hall–Kier alpha value is -1.38. The maximum atomic E-state index is 10.6. The molecule has 0 bridgehead atoms. The number of hydrogen-bond acceptors (Lipinski definition) is 2. The summed E-state index contributed by atoms with van der Waals surface area (Å²) in [5.41, 5.74) is 1.57. The van der Waals surface area contributed by atoms with Gasteiger partial charge < -0.3 is 5.11 Å². The summed E-state index contributed by atoms with van der Waals surface area (Å²) < 4.78 is 0. The van der Waals surface area contributed by atoms with Crippen LogP contribution < -0.4 is 0 Å². The molecule has 1 unspecified atom stereocenters. The Morgan fingerprint density at radius 2 is 2.33 bits per heavy atom. The van der Waals surface area contributed by atoms with Crippen LogP contribution in [0.2, 0.25) is 0 Å². The van der Waals surface area contributed by atoms with E-state index < -0.39 is 11.9 Å². The van der Waals surface area contributed by atoms with Gasteiger partial charge in [-0.3, -0.25) is 9.78 Å². The highest BCUT2D eigenvalue weighted by Crippen LogP contribution is 2.16. The number of rotatable bonds is 2. The fourth-order valence-corrected chi connectivity index (χ4v) is 1.09. The van der Waals surface area contributed by atoms with E-state index in [2.05, 4.69) is 4.98 Å². The summed E-state index contributed by atoms with van der Waals surface area (Å²) >= 11 is 0. The van der Waals surface area contributed by atoms with Crippen molar-refractivity contribution in [1.29, 1.82) is 0 Å². The zero-order chi connectivity index (χ0) is 9.14. The first-order chi connectivity index (χ1) is 5.63. The predicted octanol–water partition coefficient (Wildman–Crippen LogP) is 1.58. The molecular weight excluding hydrogens is 154 g/mol. The first-order valence-corrected chi connectivity index (χ1v) is 3.77. The van der Waals surface area contributed by atoms with Gasteiger partial charge in [-0.05, 0) is 25.5 Å². The molecule has 0 saturated heterocycles. The Kier molecular flexibility index (Phi) is 2.43. The lowest BCUT2D eigenvalue weighted by Crippen LogP contribution is -2.09. The number of carboxylic acids is 1. The average Bonchev–Trinajstić information content (AvgIpc) is 2.04. The van der Waals surface area contributed by atoms with Crippen molar-refractivity contribution in [1.82, 2.24) is 4.98 Å². The van der Waals surface area contributed by atoms with E-state index in [1.165, 1.54) is 0 Å². The number of aromatic nitrogens is 1. The van der Waals surface area contributed by atoms with E-state index >= 15 is 0 Å². The van der Waals surface area contributed by atoms with Crippen molar-refractivity contribution in [2.45, 2.75) is 19.8 Å². The molecule has 0 aliphatic carbocycles. The van der Waals surface area contributed by atoms with Gasteiger partial charge in [0.1, 0.15) is 0 Å². The second-order valence-corrected chi connectivity index (χ2v) is 2.74. The van der Waals surface area contributed by atoms with Crippen LogP contribution in [0.25, 0.3) is 0 Å². The first-order valence-electron chi connectivity index (χ1n) is 3.77. The third-order valence-corrected chi connectivity index (χ3v) is 1.88. The molecule has 1 N–H and O–H groups in total. The topological polar surface area (TPSA) is 50.2 Å². The molecule has 0 aromatic carbocycles. The van der Waals surface area contributed by atoms with Gasteiger partial charge in [0, 0.05) is 11.9 Å². The molecule has 0 saturated carbocycles. The normalized spacial score (nSPS) is 12.5. The number of carboxylic acid groups (broad SMARTS) is 1. The molecule has 3 nitrogen and oxygen atoms in total. The predicted molar refractivity (Wildman–Crippen MR) is 45.0 cm³/mol. The van der Waals surface area contributed by atoms with Gasteiger partial charge in [-0.2, -0.15) is 0 Å². The van der Waals surface area contributed by atoms with E-state index in [1.54, 1.807) is 25.3 Å². The number of nitrogens with zero attached hydrogens (tertiary/aromatic N) is 1. The molecule has 0 spiro atoms. The van der Waals surface area contributed by atoms with Gasteiger partial charge in [-0.1, -0.05) is 6.07 Å². The summed E-state index contributed by atoms with van der Waals surface area (Å²) in [5.74, 6) is -1.29. The Morgan fingerprint density at radius 1 is 1.67 bits per heavy atom. The summed E-state index contributed by atoms with van der Waals surface area (Å²) in [6, 6.07) is 3.54. The quantitative estimate of drug-likeness (QED) is 0.723. The Balaban J connectivity index is 3.02. The molecule has 1 atom stereocenters. The van der Waals surface area contributed by atoms with Gasteiger partial charge >= 0.3 is 5.97 Å². The van der Waals surface area contributed by atoms with E-state index in [-0.39, 0.29) is 0 Å². The number of pyridine rings is 1. The molecule has 1 aromatic rings. The molecule has 0 aliphatic rings. The maximum Gasteiger partial charge on any atom is 0.310 e. The summed E-state index contributed by atoms with van der Waals surface area (Å²) in [6.45, 7) is 3.47. The highest BCUT2D eigenvalue weighted by atomic mass is 16.4. The van der Waals surface area contributed by atoms with Crippen LogP contribution in [0.1, 0.15) is 24.1 Å². The lowest BCUT2D eigenvalue weighted by molar-refractivity contribution is -0.138. The number of carbonyl (C=O) groups is 1. The molecular formula is C9H11NO2. The standard InChI is InChI=1S/C9H11NO2/c1-6(9(11)12)8-4-3-5-10-7(8)2/h3-6H,1-2H3,(H,11,12). The molecule has 64 valence electrons. The van der Waals surface area contributed by atoms with E-state index in [4.69, 9.17) is 5.11 Å². The van der Waals surface area contributed by atoms with E-state index in [9.17, 15) is 4.79 Å². The van der Waals surface area contributed by atoms with Crippen LogP contribution in [0.4, 0.5) is 0 Å². The van der Waals surface area contributed by atoms with Crippen LogP contribution >= 0.6 is 0 Å². The van der Waals surface area contributed by atoms with Crippen LogP contribution in [-0.2, 0) is 4.79 Å². The molecule has 0 amide bonds. The van der Waals surface area contributed by atoms with E-state index in [0.29, 0.717) is 0 Å². The van der Waals surface area contributed by atoms with Gasteiger partial charge in [-0.25, -0.2) is 0 Å². The van der Waals surface area contributed by atoms with Crippen LogP contribution in [0.3, 0.4) is 0 Å². The largest absolute Gasteiger partial charge is 0.481 e. The SMILES string of the molecule is Cc1ncccc1C(C)C(=O)O. The summed E-state index contributed by atoms with van der Waals surface area (Å²) in [6.07, 6.45) is 1.66. The summed E-state index contributed by atoms with van der Waals surface area (Å²) in [5, 5.41) is 8.73. The Morgan fingerprint density at radius 3 is 2.83 bits per heavy atom. The maximum absolute atomic E-state index is 10.6. The zero-order valence-electron chi connectivity index (χ0n) is 7.11. The third-order valence-electron chi connectivity index (χ3n) is 1.88. The molecule has 3 heteroatoms. The van der Waals surface area contributed by atoms with Gasteiger partial charge in [0.15, 0.2) is 0 Å². The van der Waals surface area contributed by atoms with Crippen molar-refractivity contribution in [2.75, 3.05) is 0 Å². The lowest BCUT2D eigenvalue weighted by atomic mass is 10.0. The Bertz CT molecular complexity index is 296. The molecule has 12 heavy (non-hydrogen) atoms. The molecule has 1 heterocycles. The minimum Gasteiger partial charge on any atom is -0.481 e. The minimum atomic E-state index is -0.814. The monoisotopic (exact) mass is 165 g/mol. The van der Waals surface area contributed by atoms with E-state index in [1.807, 2.05) is 6.92 Å². The number of hydrogen-bond donors (Lipinski definition) is 1. The zero-order valence-corrected chi connectivity index (χ0v) is 7.11. The van der Waals surface area contributed by atoms with Crippen molar-refractivity contribution in [2.24, 2.45) is 0 Å². The molecule has 0 fully saturated rings. The average molecular weight is 165 g/mol. The van der Waals surface area contributed by atoms with Gasteiger partial charge in [-0.15, -0.1) is 0 Å². The van der Waals surface area contributed by atoms with E-state index in [0.717, 1.165) is 11.3 Å². The second kappa shape index (κ2) is 3.34. The smallest absolute Gasteiger partial charge is 0.310 e. The van der Waals surface area contributed by atoms with Gasteiger partial charge in [0.25, 0.3) is 0 Å². The van der Waals surface area contributed by atoms with Crippen molar-refractivity contribution in [3.8, 4) is 0 Å². The van der Waals surface area contributed by atoms with Crippen LogP contribution in [0.5, 0.6) is 0 Å². The lowest BCUT2D eigenvalue weighted by Gasteiger charge is -2.07. The third kappa shape index (κ3) is 1.61. The highest BCUT2D eigenvalue weighted by molar-refractivity contribution is 5.75. The highest BCUT2D eigenvalue weighted by Gasteiger charge is 2.15. The van der Waals surface area contributed by atoms with Crippen LogP contribution in [0, 0.1) is 6.92 Å². The van der Waals surface area contributed by atoms with Crippen molar-refractivity contribution < 1.29 is 9.90 Å². The van der Waals surface area contributed by atoms with Crippen molar-refractivity contribution in [3.05, 3.63) is 29.6 Å². The summed E-state index contributed by atoms with van der Waals surface area (Å²) in [7, 11) is 0. The number of aryl methyl sites for hydroxylation is 1. The molecule has 0 radical (unpaired) electrons. The van der Waals surface area contributed by atoms with Crippen LogP contribution in [-0.4, -0.2) is 16.1 Å².